The van der Waals surface area contributed by atoms with Crippen molar-refractivity contribution in [3.63, 3.8) is 0 Å². The van der Waals surface area contributed by atoms with E-state index in [-0.39, 0.29) is 6.61 Å². The molecule has 0 fully saturated rings. The molecule has 0 unspecified atom stereocenters. The van der Waals surface area contributed by atoms with Crippen LogP contribution >= 0.6 is 11.3 Å². The zero-order valence-electron chi connectivity index (χ0n) is 10.6. The highest BCUT2D eigenvalue weighted by atomic mass is 32.1. The lowest BCUT2D eigenvalue weighted by Crippen LogP contribution is -2.09. The van der Waals surface area contributed by atoms with Gasteiger partial charge in [0.25, 0.3) is 0 Å². The van der Waals surface area contributed by atoms with Crippen molar-refractivity contribution in [2.24, 2.45) is 5.73 Å². The summed E-state index contributed by atoms with van der Waals surface area (Å²) in [5, 5.41) is 13.4. The third-order valence-electron chi connectivity index (χ3n) is 2.54. The van der Waals surface area contributed by atoms with E-state index in [1.165, 1.54) is 11.3 Å². The number of hydrogen-bond donors (Lipinski definition) is 2. The van der Waals surface area contributed by atoms with E-state index in [0.717, 1.165) is 10.6 Å². The van der Waals surface area contributed by atoms with Gasteiger partial charge in [0, 0.05) is 28.6 Å². The van der Waals surface area contributed by atoms with Crippen LogP contribution in [-0.2, 0) is 6.54 Å². The molecular formula is C14H13N3O2S. The van der Waals surface area contributed by atoms with E-state index in [1.807, 2.05) is 24.3 Å². The average Bonchev–Trinajstić information content (AvgIpc) is 2.92. The minimum absolute atomic E-state index is 0.0242. The van der Waals surface area contributed by atoms with E-state index in [0.29, 0.717) is 17.9 Å². The van der Waals surface area contributed by atoms with Gasteiger partial charge in [-0.3, -0.25) is 4.79 Å². The lowest BCUT2D eigenvalue weighted by atomic mass is 10.2. The molecule has 0 bridgehead atoms. The van der Waals surface area contributed by atoms with Gasteiger partial charge in [0.2, 0.25) is 5.91 Å². The summed E-state index contributed by atoms with van der Waals surface area (Å²) in [6.07, 6.45) is 0. The smallest absolute Gasteiger partial charge is 0.249 e. The number of thiophene rings is 1. The van der Waals surface area contributed by atoms with Crippen molar-refractivity contribution in [2.45, 2.75) is 6.54 Å². The number of nitriles is 1. The van der Waals surface area contributed by atoms with Crippen molar-refractivity contribution < 1.29 is 9.53 Å². The average molecular weight is 287 g/mol. The highest BCUT2D eigenvalue weighted by molar-refractivity contribution is 7.10. The normalized spacial score (nSPS) is 9.75. The lowest BCUT2D eigenvalue weighted by Gasteiger charge is -2.07. The van der Waals surface area contributed by atoms with Gasteiger partial charge in [-0.2, -0.15) is 5.26 Å². The lowest BCUT2D eigenvalue weighted by molar-refractivity contribution is 0.100. The number of benzene rings is 1. The number of primary amides is 1. The van der Waals surface area contributed by atoms with Crippen LogP contribution in [0.4, 0.5) is 5.69 Å². The van der Waals surface area contributed by atoms with E-state index in [1.54, 1.807) is 17.5 Å². The molecule has 1 amide bonds. The van der Waals surface area contributed by atoms with Gasteiger partial charge in [0.1, 0.15) is 11.8 Å². The SMILES string of the molecule is N#CCOc1cccc(NCc2cc(C(N)=O)cs2)c1. The van der Waals surface area contributed by atoms with Crippen molar-refractivity contribution in [2.75, 3.05) is 11.9 Å². The van der Waals surface area contributed by atoms with Gasteiger partial charge in [-0.25, -0.2) is 0 Å². The van der Waals surface area contributed by atoms with Gasteiger partial charge in [-0.15, -0.1) is 11.3 Å². The molecule has 102 valence electrons. The molecule has 0 atom stereocenters. The maximum absolute atomic E-state index is 11.0. The summed E-state index contributed by atoms with van der Waals surface area (Å²) in [5.74, 6) is 0.222. The molecule has 0 saturated heterocycles. The number of ether oxygens (including phenoxy) is 1. The van der Waals surface area contributed by atoms with Crippen molar-refractivity contribution in [3.8, 4) is 11.8 Å². The Bertz CT molecular complexity index is 646. The zero-order chi connectivity index (χ0) is 14.4. The van der Waals surface area contributed by atoms with Crippen LogP contribution in [0.5, 0.6) is 5.75 Å². The highest BCUT2D eigenvalue weighted by Gasteiger charge is 2.04. The van der Waals surface area contributed by atoms with E-state index < -0.39 is 5.91 Å². The number of carbonyl (C=O) groups is 1. The van der Waals surface area contributed by atoms with Crippen LogP contribution < -0.4 is 15.8 Å². The summed E-state index contributed by atoms with van der Waals surface area (Å²) < 4.78 is 5.22. The van der Waals surface area contributed by atoms with Crippen LogP contribution in [0.3, 0.4) is 0 Å². The molecule has 0 saturated carbocycles. The fourth-order valence-electron chi connectivity index (χ4n) is 1.60. The van der Waals surface area contributed by atoms with Crippen LogP contribution in [0.25, 0.3) is 0 Å². The molecule has 1 aromatic carbocycles. The van der Waals surface area contributed by atoms with Crippen LogP contribution in [0, 0.1) is 11.3 Å². The van der Waals surface area contributed by atoms with Gasteiger partial charge in [0.05, 0.1) is 5.56 Å². The third-order valence-corrected chi connectivity index (χ3v) is 3.48. The van der Waals surface area contributed by atoms with Crippen LogP contribution in [0.1, 0.15) is 15.2 Å². The minimum atomic E-state index is -0.417. The number of nitrogens with zero attached hydrogens (tertiary/aromatic N) is 1. The van der Waals surface area contributed by atoms with Gasteiger partial charge in [-0.1, -0.05) is 6.07 Å². The Kier molecular flexibility index (Phi) is 4.58. The predicted molar refractivity (Wildman–Crippen MR) is 77.7 cm³/mol. The monoisotopic (exact) mass is 287 g/mol. The first kappa shape index (κ1) is 13.9. The highest BCUT2D eigenvalue weighted by Crippen LogP contribution is 2.20. The largest absolute Gasteiger partial charge is 0.479 e. The van der Waals surface area contributed by atoms with Crippen LogP contribution in [-0.4, -0.2) is 12.5 Å². The number of nitrogens with two attached hydrogens (primary N) is 1. The Hall–Kier alpha value is -2.52. The maximum Gasteiger partial charge on any atom is 0.249 e. The first-order valence-corrected chi connectivity index (χ1v) is 6.78. The number of anilines is 1. The van der Waals surface area contributed by atoms with Crippen LogP contribution in [0.2, 0.25) is 0 Å². The van der Waals surface area contributed by atoms with Gasteiger partial charge >= 0.3 is 0 Å². The Labute approximate surface area is 120 Å². The van der Waals surface area contributed by atoms with E-state index in [9.17, 15) is 4.79 Å². The van der Waals surface area contributed by atoms with Gasteiger partial charge in [0.15, 0.2) is 6.61 Å². The second-order valence-corrected chi connectivity index (χ2v) is 4.99. The number of amides is 1. The minimum Gasteiger partial charge on any atom is -0.479 e. The number of nitrogens with one attached hydrogen (secondary N) is 1. The standard InChI is InChI=1S/C14H13N3O2S/c15-4-5-19-12-3-1-2-11(7-12)17-8-13-6-10(9-20-13)14(16)18/h1-3,6-7,9,17H,5,8H2,(H2,16,18). The Morgan fingerprint density at radius 2 is 2.30 bits per heavy atom. The molecular weight excluding hydrogens is 274 g/mol. The summed E-state index contributed by atoms with van der Waals surface area (Å²) >= 11 is 1.48. The molecule has 0 aliphatic carbocycles. The Morgan fingerprint density at radius 1 is 1.45 bits per heavy atom. The molecule has 3 N–H and O–H groups in total. The molecule has 0 aliphatic heterocycles. The molecule has 20 heavy (non-hydrogen) atoms. The molecule has 5 nitrogen and oxygen atoms in total. The second-order valence-electron chi connectivity index (χ2n) is 3.99. The Balaban J connectivity index is 1.96. The number of hydrogen-bond acceptors (Lipinski definition) is 5. The van der Waals surface area contributed by atoms with Crippen molar-refractivity contribution in [1.82, 2.24) is 0 Å². The molecule has 0 spiro atoms. The van der Waals surface area contributed by atoms with Gasteiger partial charge in [-0.05, 0) is 18.2 Å². The number of carbonyl (C=O) groups excluding carboxylic acids is 1. The van der Waals surface area contributed by atoms with E-state index >= 15 is 0 Å². The molecule has 1 heterocycles. The predicted octanol–water partition coefficient (Wildman–Crippen LogP) is 2.36. The molecule has 2 aromatic rings. The summed E-state index contributed by atoms with van der Waals surface area (Å²) in [6.45, 7) is 0.621. The van der Waals surface area contributed by atoms with E-state index in [2.05, 4.69) is 5.32 Å². The summed E-state index contributed by atoms with van der Waals surface area (Å²) in [5.41, 5.74) is 6.61. The molecule has 0 aliphatic rings. The number of rotatable bonds is 6. The molecule has 1 aromatic heterocycles. The van der Waals surface area contributed by atoms with Crippen LogP contribution in [0.15, 0.2) is 35.7 Å². The fourth-order valence-corrected chi connectivity index (χ4v) is 2.42. The fraction of sp³-hybridized carbons (Fsp3) is 0.143. The van der Waals surface area contributed by atoms with Crippen molar-refractivity contribution >= 4 is 22.9 Å². The maximum atomic E-state index is 11.0. The molecule has 0 radical (unpaired) electrons. The molecule has 6 heteroatoms. The third kappa shape index (κ3) is 3.73. The van der Waals surface area contributed by atoms with Crippen molar-refractivity contribution in [1.29, 1.82) is 5.26 Å². The molecule has 2 rings (SSSR count). The topological polar surface area (TPSA) is 88.1 Å². The zero-order valence-corrected chi connectivity index (χ0v) is 11.4. The Morgan fingerprint density at radius 3 is 3.00 bits per heavy atom. The summed E-state index contributed by atoms with van der Waals surface area (Å²) in [4.78, 5) is 12.0. The van der Waals surface area contributed by atoms with E-state index in [4.69, 9.17) is 15.7 Å². The first-order chi connectivity index (χ1) is 9.69. The first-order valence-electron chi connectivity index (χ1n) is 5.90. The summed E-state index contributed by atoms with van der Waals surface area (Å²) in [7, 11) is 0. The second kappa shape index (κ2) is 6.59. The van der Waals surface area contributed by atoms with Crippen molar-refractivity contribution in [3.05, 3.63) is 46.2 Å². The quantitative estimate of drug-likeness (QED) is 0.853. The van der Waals surface area contributed by atoms with Gasteiger partial charge < -0.3 is 15.8 Å². The summed E-state index contributed by atoms with van der Waals surface area (Å²) in [6, 6.07) is 11.1.